The van der Waals surface area contributed by atoms with Crippen molar-refractivity contribution in [3.8, 4) is 5.75 Å². The molecule has 6 heteroatoms. The van der Waals surface area contributed by atoms with Crippen LogP contribution < -0.4 is 9.64 Å². The van der Waals surface area contributed by atoms with E-state index in [9.17, 15) is 9.59 Å². The van der Waals surface area contributed by atoms with Gasteiger partial charge in [-0.15, -0.1) is 0 Å². The van der Waals surface area contributed by atoms with E-state index >= 15 is 0 Å². The number of anilines is 1. The van der Waals surface area contributed by atoms with Gasteiger partial charge in [0, 0.05) is 31.1 Å². The third-order valence-electron chi connectivity index (χ3n) is 4.15. The second-order valence-electron chi connectivity index (χ2n) is 5.56. The van der Waals surface area contributed by atoms with Crippen molar-refractivity contribution in [2.24, 2.45) is 0 Å². The standard InChI is InChI=1S/C16H20N2O3S/c1-3-18-12-6-4-5-7-13(12)21-16(2,15(18)20)14(19)17-8-10-22-11-9-17/h4-7H,3,8-11H2,1-2H3. The number of para-hydroxylation sites is 2. The van der Waals surface area contributed by atoms with Crippen molar-refractivity contribution in [2.45, 2.75) is 19.4 Å². The average molecular weight is 320 g/mol. The Morgan fingerprint density at radius 1 is 1.32 bits per heavy atom. The van der Waals surface area contributed by atoms with Crippen LogP contribution in [0.25, 0.3) is 0 Å². The average Bonchev–Trinajstić information content (AvgIpc) is 2.56. The Bertz CT molecular complexity index is 601. The summed E-state index contributed by atoms with van der Waals surface area (Å²) < 4.78 is 5.89. The highest BCUT2D eigenvalue weighted by atomic mass is 32.2. The summed E-state index contributed by atoms with van der Waals surface area (Å²) in [5.74, 6) is 1.89. The van der Waals surface area contributed by atoms with Crippen LogP contribution in [0.15, 0.2) is 24.3 Å². The van der Waals surface area contributed by atoms with E-state index in [0.717, 1.165) is 17.2 Å². The minimum absolute atomic E-state index is 0.231. The van der Waals surface area contributed by atoms with Crippen LogP contribution in [0.1, 0.15) is 13.8 Å². The van der Waals surface area contributed by atoms with Gasteiger partial charge in [0.2, 0.25) is 0 Å². The topological polar surface area (TPSA) is 49.9 Å². The third-order valence-corrected chi connectivity index (χ3v) is 5.09. The van der Waals surface area contributed by atoms with Crippen LogP contribution in [0.2, 0.25) is 0 Å². The lowest BCUT2D eigenvalue weighted by atomic mass is 9.99. The Labute approximate surface area is 134 Å². The molecule has 22 heavy (non-hydrogen) atoms. The fraction of sp³-hybridized carbons (Fsp3) is 0.500. The maximum Gasteiger partial charge on any atom is 0.280 e. The Morgan fingerprint density at radius 2 is 2.00 bits per heavy atom. The Morgan fingerprint density at radius 3 is 2.68 bits per heavy atom. The number of hydrogen-bond acceptors (Lipinski definition) is 4. The van der Waals surface area contributed by atoms with Gasteiger partial charge in [0.05, 0.1) is 5.69 Å². The van der Waals surface area contributed by atoms with Gasteiger partial charge in [-0.1, -0.05) is 12.1 Å². The maximum atomic E-state index is 12.9. The van der Waals surface area contributed by atoms with E-state index in [1.54, 1.807) is 16.7 Å². The van der Waals surface area contributed by atoms with Crippen LogP contribution in [0.3, 0.4) is 0 Å². The molecule has 2 amide bonds. The zero-order chi connectivity index (χ0) is 15.7. The summed E-state index contributed by atoms with van der Waals surface area (Å²) >= 11 is 1.83. The monoisotopic (exact) mass is 320 g/mol. The van der Waals surface area contributed by atoms with E-state index in [0.29, 0.717) is 25.4 Å². The van der Waals surface area contributed by atoms with Crippen molar-refractivity contribution < 1.29 is 14.3 Å². The lowest BCUT2D eigenvalue weighted by Gasteiger charge is -2.42. The summed E-state index contributed by atoms with van der Waals surface area (Å²) in [6, 6.07) is 7.37. The Balaban J connectivity index is 1.96. The van der Waals surface area contributed by atoms with Crippen molar-refractivity contribution in [2.75, 3.05) is 36.0 Å². The molecule has 1 fully saturated rings. The summed E-state index contributed by atoms with van der Waals surface area (Å²) in [6.07, 6.45) is 0. The highest BCUT2D eigenvalue weighted by Crippen LogP contribution is 2.38. The molecule has 1 saturated heterocycles. The van der Waals surface area contributed by atoms with E-state index in [-0.39, 0.29) is 11.8 Å². The van der Waals surface area contributed by atoms with Crippen LogP contribution >= 0.6 is 11.8 Å². The normalized spacial score (nSPS) is 24.7. The predicted octanol–water partition coefficient (Wildman–Crippen LogP) is 1.77. The molecule has 0 saturated carbocycles. The number of amides is 2. The van der Waals surface area contributed by atoms with Gasteiger partial charge in [-0.3, -0.25) is 9.59 Å². The molecule has 1 aromatic carbocycles. The first kappa shape index (κ1) is 15.2. The molecule has 5 nitrogen and oxygen atoms in total. The summed E-state index contributed by atoms with van der Waals surface area (Å²) in [5, 5.41) is 0. The maximum absolute atomic E-state index is 12.9. The van der Waals surface area contributed by atoms with Crippen molar-refractivity contribution in [1.82, 2.24) is 4.90 Å². The first-order valence-corrected chi connectivity index (χ1v) is 8.70. The molecule has 0 N–H and O–H groups in total. The molecule has 1 aromatic rings. The lowest BCUT2D eigenvalue weighted by molar-refractivity contribution is -0.155. The molecular formula is C16H20N2O3S. The lowest BCUT2D eigenvalue weighted by Crippen LogP contribution is -2.63. The first-order valence-electron chi connectivity index (χ1n) is 7.55. The smallest absolute Gasteiger partial charge is 0.280 e. The number of hydrogen-bond donors (Lipinski definition) is 0. The molecule has 0 bridgehead atoms. The number of likely N-dealkylation sites (N-methyl/N-ethyl adjacent to an activating group) is 1. The van der Waals surface area contributed by atoms with E-state index < -0.39 is 5.60 Å². The number of carbonyl (C=O) groups excluding carboxylic acids is 2. The first-order chi connectivity index (χ1) is 10.6. The van der Waals surface area contributed by atoms with Crippen molar-refractivity contribution >= 4 is 29.3 Å². The number of benzene rings is 1. The van der Waals surface area contributed by atoms with Crippen molar-refractivity contribution in [3.05, 3.63) is 24.3 Å². The van der Waals surface area contributed by atoms with Gasteiger partial charge < -0.3 is 14.5 Å². The van der Waals surface area contributed by atoms with Crippen LogP contribution in [-0.4, -0.2) is 53.5 Å². The fourth-order valence-corrected chi connectivity index (χ4v) is 3.82. The van der Waals surface area contributed by atoms with Gasteiger partial charge >= 0.3 is 0 Å². The SMILES string of the molecule is CCN1C(=O)C(C)(C(=O)N2CCSCC2)Oc2ccccc21. The van der Waals surface area contributed by atoms with Crippen LogP contribution in [-0.2, 0) is 9.59 Å². The van der Waals surface area contributed by atoms with Crippen LogP contribution in [0.5, 0.6) is 5.75 Å². The molecule has 0 spiro atoms. The fourth-order valence-electron chi connectivity index (χ4n) is 2.91. The predicted molar refractivity (Wildman–Crippen MR) is 87.4 cm³/mol. The molecule has 2 heterocycles. The highest BCUT2D eigenvalue weighted by Gasteiger charge is 2.52. The van der Waals surface area contributed by atoms with E-state index in [1.807, 2.05) is 43.0 Å². The van der Waals surface area contributed by atoms with Gasteiger partial charge in [0.1, 0.15) is 5.75 Å². The summed E-state index contributed by atoms with van der Waals surface area (Å²) in [7, 11) is 0. The summed E-state index contributed by atoms with van der Waals surface area (Å²) in [4.78, 5) is 29.2. The third kappa shape index (κ3) is 2.35. The van der Waals surface area contributed by atoms with Crippen LogP contribution in [0, 0.1) is 0 Å². The zero-order valence-corrected chi connectivity index (χ0v) is 13.7. The number of rotatable bonds is 2. The number of nitrogens with zero attached hydrogens (tertiary/aromatic N) is 2. The number of thioether (sulfide) groups is 1. The highest BCUT2D eigenvalue weighted by molar-refractivity contribution is 7.99. The molecule has 118 valence electrons. The van der Waals surface area contributed by atoms with Gasteiger partial charge in [-0.2, -0.15) is 11.8 Å². The summed E-state index contributed by atoms with van der Waals surface area (Å²) in [6.45, 7) is 5.35. The van der Waals surface area contributed by atoms with E-state index in [1.165, 1.54) is 0 Å². The molecule has 0 radical (unpaired) electrons. The quantitative estimate of drug-likeness (QED) is 0.779. The van der Waals surface area contributed by atoms with Crippen LogP contribution in [0.4, 0.5) is 5.69 Å². The number of ether oxygens (including phenoxy) is 1. The molecule has 1 unspecified atom stereocenters. The molecule has 1 atom stereocenters. The van der Waals surface area contributed by atoms with Gasteiger partial charge in [-0.25, -0.2) is 0 Å². The molecule has 0 aromatic heterocycles. The number of fused-ring (bicyclic) bond motifs is 1. The molecule has 2 aliphatic heterocycles. The molecule has 3 rings (SSSR count). The van der Waals surface area contributed by atoms with Crippen molar-refractivity contribution in [3.63, 3.8) is 0 Å². The van der Waals surface area contributed by atoms with Gasteiger partial charge in [0.15, 0.2) is 0 Å². The van der Waals surface area contributed by atoms with Gasteiger partial charge in [0.25, 0.3) is 17.4 Å². The molecule has 0 aliphatic carbocycles. The minimum Gasteiger partial charge on any atom is -0.465 e. The largest absolute Gasteiger partial charge is 0.465 e. The van der Waals surface area contributed by atoms with Gasteiger partial charge in [-0.05, 0) is 26.0 Å². The zero-order valence-electron chi connectivity index (χ0n) is 12.9. The van der Waals surface area contributed by atoms with Crippen molar-refractivity contribution in [1.29, 1.82) is 0 Å². The van der Waals surface area contributed by atoms with E-state index in [2.05, 4.69) is 0 Å². The number of carbonyl (C=O) groups is 2. The second kappa shape index (κ2) is 5.83. The van der Waals surface area contributed by atoms with E-state index in [4.69, 9.17) is 4.74 Å². The minimum atomic E-state index is -1.47. The summed E-state index contributed by atoms with van der Waals surface area (Å²) in [5.41, 5.74) is -0.735. The molecule has 2 aliphatic rings. The second-order valence-corrected chi connectivity index (χ2v) is 6.78. The molecular weight excluding hydrogens is 300 g/mol. The Kier molecular flexibility index (Phi) is 4.04. The Hall–Kier alpha value is -1.69.